The second-order valence-electron chi connectivity index (χ2n) is 9.53. The zero-order valence-electron chi connectivity index (χ0n) is 20.4. The molecule has 3 nitrogen and oxygen atoms in total. The molecule has 1 aliphatic heterocycles. The van der Waals surface area contributed by atoms with Crippen molar-refractivity contribution in [2.75, 3.05) is 13.1 Å². The largest absolute Gasteiger partial charge is 0.342 e. The van der Waals surface area contributed by atoms with Crippen LogP contribution in [0.4, 0.5) is 0 Å². The number of carbonyl (C=O) groups excluding carboxylic acids is 1. The summed E-state index contributed by atoms with van der Waals surface area (Å²) >= 11 is 1.49. The van der Waals surface area contributed by atoms with Crippen molar-refractivity contribution >= 4 is 17.2 Å². The summed E-state index contributed by atoms with van der Waals surface area (Å²) in [6.45, 7) is 6.21. The molecule has 178 valence electrons. The number of benzene rings is 3. The lowest BCUT2D eigenvalue weighted by atomic mass is 9.79. The number of thiophene rings is 1. The Hall–Kier alpha value is -3.21. The van der Waals surface area contributed by atoms with Crippen LogP contribution in [0, 0.1) is 13.8 Å². The third kappa shape index (κ3) is 4.82. The minimum atomic E-state index is -0.374. The first kappa shape index (κ1) is 23.5. The normalized spacial score (nSPS) is 15.7. The first-order valence-corrected chi connectivity index (χ1v) is 13.2. The van der Waals surface area contributed by atoms with Gasteiger partial charge in [0.2, 0.25) is 0 Å². The summed E-state index contributed by atoms with van der Waals surface area (Å²) in [5.41, 5.74) is 6.15. The minimum absolute atomic E-state index is 0.0201. The molecule has 0 unspecified atom stereocenters. The summed E-state index contributed by atoms with van der Waals surface area (Å²) in [5.74, 6) is 0.0201. The predicted octanol–water partition coefficient (Wildman–Crippen LogP) is 6.88. The van der Waals surface area contributed by atoms with Gasteiger partial charge in [-0.15, -0.1) is 11.3 Å². The molecular weight excluding hydrogens is 448 g/mol. The average Bonchev–Trinajstić information content (AvgIpc) is 3.43. The second-order valence-corrected chi connectivity index (χ2v) is 10.5. The van der Waals surface area contributed by atoms with E-state index in [1.54, 1.807) is 0 Å². The van der Waals surface area contributed by atoms with E-state index in [4.69, 9.17) is 0 Å². The van der Waals surface area contributed by atoms with Gasteiger partial charge in [-0.1, -0.05) is 84.9 Å². The molecule has 0 aliphatic carbocycles. The maximum atomic E-state index is 13.2. The van der Waals surface area contributed by atoms with Crippen LogP contribution in [0.3, 0.4) is 0 Å². The molecule has 5 rings (SSSR count). The van der Waals surface area contributed by atoms with E-state index in [9.17, 15) is 4.79 Å². The van der Waals surface area contributed by atoms with Gasteiger partial charge in [-0.25, -0.2) is 0 Å². The number of piperidine rings is 1. The fourth-order valence-electron chi connectivity index (χ4n) is 5.44. The molecule has 2 heterocycles. The van der Waals surface area contributed by atoms with E-state index >= 15 is 0 Å². The van der Waals surface area contributed by atoms with E-state index in [-0.39, 0.29) is 17.5 Å². The molecule has 1 fully saturated rings. The number of hydrogen-bond acceptors (Lipinski definition) is 3. The Bertz CT molecular complexity index is 1230. The minimum Gasteiger partial charge on any atom is -0.342 e. The topological polar surface area (TPSA) is 32.3 Å². The molecule has 4 aromatic rings. The van der Waals surface area contributed by atoms with Gasteiger partial charge in [0.15, 0.2) is 0 Å². The number of carbonyl (C=O) groups is 1. The van der Waals surface area contributed by atoms with Crippen LogP contribution < -0.4 is 5.32 Å². The van der Waals surface area contributed by atoms with Crippen LogP contribution in [0.2, 0.25) is 0 Å². The van der Waals surface area contributed by atoms with Crippen LogP contribution in [-0.4, -0.2) is 23.9 Å². The van der Waals surface area contributed by atoms with Gasteiger partial charge in [-0.05, 0) is 66.0 Å². The number of nitrogens with zero attached hydrogens (tertiary/aromatic N) is 1. The molecule has 0 saturated carbocycles. The smallest absolute Gasteiger partial charge is 0.262 e. The van der Waals surface area contributed by atoms with E-state index in [2.05, 4.69) is 96.9 Å². The number of rotatable bonds is 6. The van der Waals surface area contributed by atoms with Crippen LogP contribution in [0.15, 0.2) is 96.4 Å². The average molecular weight is 481 g/mol. The van der Waals surface area contributed by atoms with Crippen molar-refractivity contribution in [3.8, 4) is 0 Å². The molecule has 0 spiro atoms. The SMILES string of the molecule is Cc1ccccc1C(c1ccccc1C)N1CCC(NC(=O)c2cccs2)(c2ccccc2)CC1. The third-order valence-electron chi connectivity index (χ3n) is 7.41. The molecule has 1 aromatic heterocycles. The maximum absolute atomic E-state index is 13.2. The van der Waals surface area contributed by atoms with Crippen LogP contribution in [-0.2, 0) is 5.54 Å². The number of likely N-dealkylation sites (tertiary alicyclic amines) is 1. The summed E-state index contributed by atoms with van der Waals surface area (Å²) < 4.78 is 0. The number of aryl methyl sites for hydroxylation is 2. The van der Waals surface area contributed by atoms with Crippen LogP contribution in [0.25, 0.3) is 0 Å². The summed E-state index contributed by atoms with van der Waals surface area (Å²) in [7, 11) is 0. The van der Waals surface area contributed by atoms with E-state index in [1.165, 1.54) is 39.2 Å². The fraction of sp³-hybridized carbons (Fsp3) is 0.258. The Labute approximate surface area is 212 Å². The van der Waals surface area contributed by atoms with Crippen LogP contribution in [0.1, 0.15) is 56.4 Å². The standard InChI is InChI=1S/C31H32N2OS/c1-23-11-6-8-15-26(23)29(27-16-9-7-12-24(27)2)33-20-18-31(19-21-33,25-13-4-3-5-14-25)32-30(34)28-17-10-22-35-28/h3-17,22,29H,18-21H2,1-2H3,(H,32,34). The quantitative estimate of drug-likeness (QED) is 0.326. The Kier molecular flexibility index (Phi) is 6.85. The molecule has 1 N–H and O–H groups in total. The number of hydrogen-bond donors (Lipinski definition) is 1. The van der Waals surface area contributed by atoms with Gasteiger partial charge in [-0.3, -0.25) is 9.69 Å². The van der Waals surface area contributed by atoms with Crippen LogP contribution >= 0.6 is 11.3 Å². The zero-order valence-corrected chi connectivity index (χ0v) is 21.2. The number of nitrogens with one attached hydrogen (secondary N) is 1. The van der Waals surface area contributed by atoms with Crippen molar-refractivity contribution < 1.29 is 4.79 Å². The summed E-state index contributed by atoms with van der Waals surface area (Å²) in [6.07, 6.45) is 1.73. The number of amides is 1. The van der Waals surface area contributed by atoms with Gasteiger partial charge in [0, 0.05) is 13.1 Å². The van der Waals surface area contributed by atoms with Crippen molar-refractivity contribution in [2.24, 2.45) is 0 Å². The van der Waals surface area contributed by atoms with Crippen molar-refractivity contribution in [3.63, 3.8) is 0 Å². The molecular formula is C31H32N2OS. The predicted molar refractivity (Wildman–Crippen MR) is 145 cm³/mol. The summed E-state index contributed by atoms with van der Waals surface area (Å²) in [6, 6.07) is 32.0. The Morgan fingerprint density at radius 3 is 1.91 bits per heavy atom. The lowest BCUT2D eigenvalue weighted by Gasteiger charge is -2.46. The van der Waals surface area contributed by atoms with Crippen molar-refractivity contribution in [1.82, 2.24) is 10.2 Å². The molecule has 3 aromatic carbocycles. The monoisotopic (exact) mass is 480 g/mol. The molecule has 1 aliphatic rings. The van der Waals surface area contributed by atoms with E-state index in [0.717, 1.165) is 30.8 Å². The van der Waals surface area contributed by atoms with Gasteiger partial charge < -0.3 is 5.32 Å². The molecule has 0 radical (unpaired) electrons. The van der Waals surface area contributed by atoms with Crippen molar-refractivity contribution in [1.29, 1.82) is 0 Å². The highest BCUT2D eigenvalue weighted by Crippen LogP contribution is 2.40. The van der Waals surface area contributed by atoms with Crippen LogP contribution in [0.5, 0.6) is 0 Å². The van der Waals surface area contributed by atoms with Gasteiger partial charge in [0.1, 0.15) is 0 Å². The van der Waals surface area contributed by atoms with Gasteiger partial charge in [-0.2, -0.15) is 0 Å². The molecule has 0 bridgehead atoms. The van der Waals surface area contributed by atoms with Gasteiger partial charge in [0.25, 0.3) is 5.91 Å². The van der Waals surface area contributed by atoms with E-state index in [1.807, 2.05) is 23.6 Å². The second kappa shape index (κ2) is 10.2. The highest BCUT2D eigenvalue weighted by Gasteiger charge is 2.40. The third-order valence-corrected chi connectivity index (χ3v) is 8.28. The van der Waals surface area contributed by atoms with Crippen molar-refractivity contribution in [3.05, 3.63) is 129 Å². The zero-order chi connectivity index (χ0) is 24.3. The Morgan fingerprint density at radius 2 is 1.37 bits per heavy atom. The molecule has 1 amide bonds. The van der Waals surface area contributed by atoms with Gasteiger partial charge >= 0.3 is 0 Å². The molecule has 1 saturated heterocycles. The lowest BCUT2D eigenvalue weighted by molar-refractivity contribution is 0.0764. The van der Waals surface area contributed by atoms with Crippen molar-refractivity contribution in [2.45, 2.75) is 38.3 Å². The highest BCUT2D eigenvalue weighted by molar-refractivity contribution is 7.12. The summed E-state index contributed by atoms with van der Waals surface area (Å²) in [4.78, 5) is 16.6. The maximum Gasteiger partial charge on any atom is 0.262 e. The lowest BCUT2D eigenvalue weighted by Crippen LogP contribution is -2.53. The first-order chi connectivity index (χ1) is 17.1. The molecule has 0 atom stereocenters. The highest BCUT2D eigenvalue weighted by atomic mass is 32.1. The van der Waals surface area contributed by atoms with E-state index in [0.29, 0.717) is 0 Å². The Balaban J connectivity index is 1.48. The molecule has 35 heavy (non-hydrogen) atoms. The summed E-state index contributed by atoms with van der Waals surface area (Å²) in [5, 5.41) is 5.42. The van der Waals surface area contributed by atoms with Gasteiger partial charge in [0.05, 0.1) is 16.5 Å². The Morgan fingerprint density at radius 1 is 0.800 bits per heavy atom. The first-order valence-electron chi connectivity index (χ1n) is 12.3. The molecule has 4 heteroatoms. The fourth-order valence-corrected chi connectivity index (χ4v) is 6.06. The van der Waals surface area contributed by atoms with E-state index < -0.39 is 0 Å².